The van der Waals surface area contributed by atoms with E-state index in [-0.39, 0.29) is 17.5 Å². The highest BCUT2D eigenvalue weighted by Crippen LogP contribution is 2.33. The molecule has 1 saturated carbocycles. The van der Waals surface area contributed by atoms with Crippen LogP contribution in [0.3, 0.4) is 0 Å². The maximum atomic E-state index is 11.8. The fourth-order valence-electron chi connectivity index (χ4n) is 3.94. The zero-order valence-electron chi connectivity index (χ0n) is 18.3. The minimum absolute atomic E-state index is 0.0428. The van der Waals surface area contributed by atoms with Gasteiger partial charge in [0.1, 0.15) is 18.5 Å². The molecule has 0 atom stereocenters. The standard InChI is InChI=1S/C21H28N4O6S/c1-30-23-19(9-6-14-31-25(26)27)20-15-21(24(22-20)17-7-4-3-5-8-17)16-10-12-18(13-11-16)32(2,28)29/h10-13,15,17H,3-9,14H2,1-2H3/b23-19-. The van der Waals surface area contributed by atoms with Crippen molar-refractivity contribution in [3.05, 3.63) is 46.1 Å². The summed E-state index contributed by atoms with van der Waals surface area (Å²) in [6.45, 7) is -0.0428. The van der Waals surface area contributed by atoms with Crippen molar-refractivity contribution in [2.24, 2.45) is 5.16 Å². The van der Waals surface area contributed by atoms with Crippen LogP contribution in [0.5, 0.6) is 0 Å². The molecule has 0 spiro atoms. The number of aromatic nitrogens is 2. The van der Waals surface area contributed by atoms with E-state index in [1.807, 2.05) is 10.7 Å². The van der Waals surface area contributed by atoms with Gasteiger partial charge in [-0.15, -0.1) is 10.1 Å². The molecular formula is C21H28N4O6S. The van der Waals surface area contributed by atoms with Crippen LogP contribution in [0.25, 0.3) is 11.3 Å². The highest BCUT2D eigenvalue weighted by Gasteiger charge is 2.23. The zero-order valence-corrected chi connectivity index (χ0v) is 19.1. The molecule has 1 aromatic heterocycles. The van der Waals surface area contributed by atoms with Crippen molar-refractivity contribution < 1.29 is 23.2 Å². The summed E-state index contributed by atoms with van der Waals surface area (Å²) >= 11 is 0. The Labute approximate surface area is 187 Å². The summed E-state index contributed by atoms with van der Waals surface area (Å²) in [5.41, 5.74) is 2.93. The first-order valence-corrected chi connectivity index (χ1v) is 12.5. The Hall–Kier alpha value is -2.95. The molecule has 1 aliphatic rings. The number of hydrogen-bond acceptors (Lipinski definition) is 8. The molecule has 0 bridgehead atoms. The maximum absolute atomic E-state index is 11.8. The second-order valence-corrected chi connectivity index (χ2v) is 9.84. The van der Waals surface area contributed by atoms with Crippen LogP contribution in [-0.4, -0.2) is 49.0 Å². The number of rotatable bonds is 10. The Morgan fingerprint density at radius 2 is 1.94 bits per heavy atom. The minimum atomic E-state index is -3.28. The van der Waals surface area contributed by atoms with Crippen molar-refractivity contribution in [2.45, 2.75) is 55.9 Å². The molecule has 0 saturated heterocycles. The van der Waals surface area contributed by atoms with Crippen molar-refractivity contribution in [2.75, 3.05) is 20.0 Å². The fourth-order valence-corrected chi connectivity index (χ4v) is 4.57. The second kappa shape index (κ2) is 10.6. The predicted molar refractivity (Wildman–Crippen MR) is 119 cm³/mol. The van der Waals surface area contributed by atoms with Gasteiger partial charge in [0.2, 0.25) is 0 Å². The molecule has 0 radical (unpaired) electrons. The lowest BCUT2D eigenvalue weighted by atomic mass is 9.95. The Morgan fingerprint density at radius 1 is 1.25 bits per heavy atom. The first kappa shape index (κ1) is 23.7. The van der Waals surface area contributed by atoms with E-state index in [0.29, 0.717) is 24.2 Å². The quantitative estimate of drug-likeness (QED) is 0.226. The lowest BCUT2D eigenvalue weighted by Gasteiger charge is -2.24. The van der Waals surface area contributed by atoms with Gasteiger partial charge in [0, 0.05) is 6.26 Å². The van der Waals surface area contributed by atoms with E-state index in [1.165, 1.54) is 19.8 Å². The van der Waals surface area contributed by atoms with Crippen LogP contribution in [0.15, 0.2) is 40.4 Å². The Morgan fingerprint density at radius 3 is 2.53 bits per heavy atom. The summed E-state index contributed by atoms with van der Waals surface area (Å²) in [4.78, 5) is 20.0. The van der Waals surface area contributed by atoms with Gasteiger partial charge in [0.25, 0.3) is 5.09 Å². The Balaban J connectivity index is 1.94. The number of sulfone groups is 1. The molecule has 1 aliphatic carbocycles. The first-order chi connectivity index (χ1) is 15.3. The molecule has 3 rings (SSSR count). The van der Waals surface area contributed by atoms with E-state index in [0.717, 1.165) is 36.9 Å². The SMILES string of the molecule is CO/N=C(/CCCO[N+](=O)[O-])c1cc(-c2ccc(S(C)(=O)=O)cc2)n(C2CCCCC2)n1. The maximum Gasteiger partial charge on any atom is 0.294 e. The molecule has 1 heterocycles. The largest absolute Gasteiger partial charge is 0.399 e. The van der Waals surface area contributed by atoms with E-state index in [9.17, 15) is 18.5 Å². The van der Waals surface area contributed by atoms with Crippen molar-refractivity contribution in [3.8, 4) is 11.3 Å². The van der Waals surface area contributed by atoms with Crippen LogP contribution in [0.1, 0.15) is 56.7 Å². The van der Waals surface area contributed by atoms with Crippen LogP contribution >= 0.6 is 0 Å². The van der Waals surface area contributed by atoms with Crippen LogP contribution in [0, 0.1) is 10.1 Å². The average Bonchev–Trinajstić information content (AvgIpc) is 3.21. The Kier molecular flexibility index (Phi) is 7.84. The van der Waals surface area contributed by atoms with Crippen LogP contribution in [0.2, 0.25) is 0 Å². The van der Waals surface area contributed by atoms with Gasteiger partial charge in [-0.2, -0.15) is 5.10 Å². The number of nitrogens with zero attached hydrogens (tertiary/aromatic N) is 4. The van der Waals surface area contributed by atoms with Crippen molar-refractivity contribution in [1.82, 2.24) is 9.78 Å². The summed E-state index contributed by atoms with van der Waals surface area (Å²) in [5, 5.41) is 18.5. The Bertz CT molecular complexity index is 1060. The molecule has 0 N–H and O–H groups in total. The monoisotopic (exact) mass is 464 g/mol. The fraction of sp³-hybridized carbons (Fsp3) is 0.524. The smallest absolute Gasteiger partial charge is 0.294 e. The van der Waals surface area contributed by atoms with Gasteiger partial charge in [0.05, 0.1) is 23.2 Å². The first-order valence-electron chi connectivity index (χ1n) is 10.6. The third-order valence-electron chi connectivity index (χ3n) is 5.49. The average molecular weight is 465 g/mol. The van der Waals surface area contributed by atoms with Gasteiger partial charge >= 0.3 is 0 Å². The molecule has 10 nitrogen and oxygen atoms in total. The number of benzene rings is 1. The molecule has 1 aromatic carbocycles. The molecule has 174 valence electrons. The normalized spacial score (nSPS) is 15.5. The van der Waals surface area contributed by atoms with Crippen molar-refractivity contribution in [1.29, 1.82) is 0 Å². The summed E-state index contributed by atoms with van der Waals surface area (Å²) < 4.78 is 25.7. The summed E-state index contributed by atoms with van der Waals surface area (Å²) in [5.74, 6) is 0. The van der Waals surface area contributed by atoms with E-state index >= 15 is 0 Å². The topological polar surface area (TPSA) is 126 Å². The number of hydrogen-bond donors (Lipinski definition) is 0. The second-order valence-electron chi connectivity index (χ2n) is 7.83. The van der Waals surface area contributed by atoms with Crippen LogP contribution in [0.4, 0.5) is 0 Å². The molecule has 0 unspecified atom stereocenters. The van der Waals surface area contributed by atoms with E-state index in [1.54, 1.807) is 24.3 Å². The molecule has 11 heteroatoms. The van der Waals surface area contributed by atoms with Crippen LogP contribution in [-0.2, 0) is 19.5 Å². The molecular weight excluding hydrogens is 436 g/mol. The van der Waals surface area contributed by atoms with Crippen molar-refractivity contribution >= 4 is 15.5 Å². The van der Waals surface area contributed by atoms with E-state index < -0.39 is 14.9 Å². The van der Waals surface area contributed by atoms with E-state index in [2.05, 4.69) is 9.99 Å². The lowest BCUT2D eigenvalue weighted by Crippen LogP contribution is -2.16. The summed E-state index contributed by atoms with van der Waals surface area (Å²) in [6, 6.07) is 8.92. The lowest BCUT2D eigenvalue weighted by molar-refractivity contribution is -0.757. The highest BCUT2D eigenvalue weighted by atomic mass is 32.2. The molecule has 32 heavy (non-hydrogen) atoms. The van der Waals surface area contributed by atoms with Crippen LogP contribution < -0.4 is 0 Å². The third kappa shape index (κ3) is 6.06. The summed E-state index contributed by atoms with van der Waals surface area (Å²) in [6.07, 6.45) is 7.46. The van der Waals surface area contributed by atoms with Gasteiger partial charge in [-0.1, -0.05) is 36.6 Å². The molecule has 0 aliphatic heterocycles. The van der Waals surface area contributed by atoms with E-state index in [4.69, 9.17) is 9.94 Å². The predicted octanol–water partition coefficient (Wildman–Crippen LogP) is 3.80. The van der Waals surface area contributed by atoms with Gasteiger partial charge in [-0.3, -0.25) is 4.68 Å². The number of oxime groups is 1. The van der Waals surface area contributed by atoms with Gasteiger partial charge in [0.15, 0.2) is 9.84 Å². The van der Waals surface area contributed by atoms with Gasteiger partial charge < -0.3 is 9.68 Å². The summed E-state index contributed by atoms with van der Waals surface area (Å²) in [7, 11) is -1.84. The third-order valence-corrected chi connectivity index (χ3v) is 6.61. The highest BCUT2D eigenvalue weighted by molar-refractivity contribution is 7.90. The molecule has 0 amide bonds. The van der Waals surface area contributed by atoms with Crippen molar-refractivity contribution in [3.63, 3.8) is 0 Å². The van der Waals surface area contributed by atoms with Gasteiger partial charge in [-0.05, 0) is 49.4 Å². The molecule has 1 fully saturated rings. The van der Waals surface area contributed by atoms with Gasteiger partial charge in [-0.25, -0.2) is 8.42 Å². The zero-order chi connectivity index (χ0) is 23.1. The molecule has 2 aromatic rings. The minimum Gasteiger partial charge on any atom is -0.399 e.